The molecule has 1 aromatic rings. The van der Waals surface area contributed by atoms with Crippen molar-refractivity contribution in [1.29, 1.82) is 0 Å². The van der Waals surface area contributed by atoms with Crippen LogP contribution in [0.4, 0.5) is 5.69 Å². The van der Waals surface area contributed by atoms with Crippen molar-refractivity contribution in [2.24, 2.45) is 0 Å². The smallest absolute Gasteiger partial charge is 0.129 e. The fourth-order valence-corrected chi connectivity index (χ4v) is 2.68. The van der Waals surface area contributed by atoms with Crippen molar-refractivity contribution in [3.8, 4) is 0 Å². The maximum Gasteiger partial charge on any atom is 0.129 e. The molecule has 1 N–H and O–H groups in total. The molecule has 0 bridgehead atoms. The van der Waals surface area contributed by atoms with E-state index in [-0.39, 0.29) is 0 Å². The van der Waals surface area contributed by atoms with Crippen LogP contribution in [0.2, 0.25) is 0 Å². The molecule has 1 heterocycles. The maximum atomic E-state index is 4.24. The minimum Gasteiger partial charge on any atom is -0.380 e. The topological polar surface area (TPSA) is 24.9 Å². The number of halogens is 1. The number of pyridine rings is 1. The second-order valence-corrected chi connectivity index (χ2v) is 5.28. The molecule has 0 radical (unpaired) electrons. The molecule has 1 saturated carbocycles. The Morgan fingerprint density at radius 2 is 1.81 bits per heavy atom. The van der Waals surface area contributed by atoms with Crippen molar-refractivity contribution in [2.45, 2.75) is 51.0 Å². The highest BCUT2D eigenvalue weighted by Crippen LogP contribution is 2.24. The number of aromatic nitrogens is 1. The lowest BCUT2D eigenvalue weighted by molar-refractivity contribution is 0.471. The monoisotopic (exact) mass is 282 g/mol. The Morgan fingerprint density at radius 3 is 2.50 bits per heavy atom. The van der Waals surface area contributed by atoms with Gasteiger partial charge >= 0.3 is 0 Å². The summed E-state index contributed by atoms with van der Waals surface area (Å²) in [5.41, 5.74) is 1.13. The predicted octanol–water partition coefficient (Wildman–Crippen LogP) is 4.37. The van der Waals surface area contributed by atoms with Gasteiger partial charge in [-0.1, -0.05) is 32.1 Å². The first-order valence-corrected chi connectivity index (χ1v) is 7.02. The standard InChI is InChI=1S/C13H19BrN2/c14-13-12(9-6-10-15-13)16-11-7-4-2-1-3-5-8-11/h6,9-11,16H,1-5,7-8H2. The van der Waals surface area contributed by atoms with Crippen LogP contribution in [0, 0.1) is 0 Å². The molecule has 0 spiro atoms. The van der Waals surface area contributed by atoms with Crippen LogP contribution in [0.3, 0.4) is 0 Å². The van der Waals surface area contributed by atoms with E-state index in [0.29, 0.717) is 6.04 Å². The number of hydrogen-bond acceptors (Lipinski definition) is 2. The number of nitrogens with one attached hydrogen (secondary N) is 1. The van der Waals surface area contributed by atoms with Crippen LogP contribution >= 0.6 is 15.9 Å². The average Bonchev–Trinajstić information content (AvgIpc) is 2.24. The highest BCUT2D eigenvalue weighted by Gasteiger charge is 2.12. The van der Waals surface area contributed by atoms with E-state index in [1.165, 1.54) is 44.9 Å². The molecule has 0 aromatic carbocycles. The quantitative estimate of drug-likeness (QED) is 0.815. The minimum absolute atomic E-state index is 0.626. The first-order valence-electron chi connectivity index (χ1n) is 6.23. The van der Waals surface area contributed by atoms with Gasteiger partial charge < -0.3 is 5.32 Å². The summed E-state index contributed by atoms with van der Waals surface area (Å²) in [5, 5.41) is 3.61. The zero-order valence-electron chi connectivity index (χ0n) is 9.58. The van der Waals surface area contributed by atoms with E-state index in [1.807, 2.05) is 12.3 Å². The van der Waals surface area contributed by atoms with Gasteiger partial charge in [-0.2, -0.15) is 0 Å². The number of nitrogens with zero attached hydrogens (tertiary/aromatic N) is 1. The summed E-state index contributed by atoms with van der Waals surface area (Å²) < 4.78 is 0.928. The summed E-state index contributed by atoms with van der Waals surface area (Å²) in [6.45, 7) is 0. The van der Waals surface area contributed by atoms with Crippen molar-refractivity contribution in [1.82, 2.24) is 4.98 Å². The normalized spacial score (nSPS) is 18.8. The van der Waals surface area contributed by atoms with E-state index in [4.69, 9.17) is 0 Å². The molecule has 2 nitrogen and oxygen atoms in total. The Balaban J connectivity index is 1.94. The molecule has 0 aliphatic heterocycles. The Hall–Kier alpha value is -0.570. The van der Waals surface area contributed by atoms with Gasteiger partial charge in [0.2, 0.25) is 0 Å². The molecule has 0 atom stereocenters. The number of hydrogen-bond donors (Lipinski definition) is 1. The second-order valence-electron chi connectivity index (χ2n) is 4.53. The summed E-state index contributed by atoms with van der Waals surface area (Å²) in [6.07, 6.45) is 11.3. The third-order valence-corrected chi connectivity index (χ3v) is 3.86. The fraction of sp³-hybridized carbons (Fsp3) is 0.615. The summed E-state index contributed by atoms with van der Waals surface area (Å²) in [7, 11) is 0. The predicted molar refractivity (Wildman–Crippen MR) is 71.7 cm³/mol. The summed E-state index contributed by atoms with van der Waals surface area (Å²) in [4.78, 5) is 4.24. The van der Waals surface area contributed by atoms with Crippen LogP contribution in [0.25, 0.3) is 0 Å². The number of anilines is 1. The summed E-state index contributed by atoms with van der Waals surface area (Å²) in [5.74, 6) is 0. The van der Waals surface area contributed by atoms with Crippen LogP contribution < -0.4 is 5.32 Å². The molecule has 0 saturated heterocycles. The van der Waals surface area contributed by atoms with Gasteiger partial charge in [0.1, 0.15) is 4.60 Å². The first kappa shape index (κ1) is 11.9. The van der Waals surface area contributed by atoms with Crippen LogP contribution in [-0.4, -0.2) is 11.0 Å². The van der Waals surface area contributed by atoms with Gasteiger partial charge in [-0.25, -0.2) is 4.98 Å². The molecule has 2 rings (SSSR count). The van der Waals surface area contributed by atoms with Gasteiger partial charge in [-0.3, -0.25) is 0 Å². The van der Waals surface area contributed by atoms with E-state index in [1.54, 1.807) is 0 Å². The maximum absolute atomic E-state index is 4.24. The summed E-state index contributed by atoms with van der Waals surface area (Å²) >= 11 is 3.48. The van der Waals surface area contributed by atoms with Crippen molar-refractivity contribution in [3.05, 3.63) is 22.9 Å². The third-order valence-electron chi connectivity index (χ3n) is 3.22. The highest BCUT2D eigenvalue weighted by molar-refractivity contribution is 9.10. The average molecular weight is 283 g/mol. The van der Waals surface area contributed by atoms with Gasteiger partial charge in [0.05, 0.1) is 5.69 Å². The molecular weight excluding hydrogens is 264 g/mol. The molecular formula is C13H19BrN2. The van der Waals surface area contributed by atoms with Crippen LogP contribution in [0.5, 0.6) is 0 Å². The van der Waals surface area contributed by atoms with E-state index in [9.17, 15) is 0 Å². The third kappa shape index (κ3) is 3.48. The largest absolute Gasteiger partial charge is 0.380 e. The van der Waals surface area contributed by atoms with Crippen molar-refractivity contribution in [2.75, 3.05) is 5.32 Å². The van der Waals surface area contributed by atoms with Gasteiger partial charge in [0.25, 0.3) is 0 Å². The van der Waals surface area contributed by atoms with Gasteiger partial charge in [-0.05, 0) is 40.9 Å². The molecule has 16 heavy (non-hydrogen) atoms. The molecule has 1 fully saturated rings. The lowest BCUT2D eigenvalue weighted by atomic mass is 9.96. The zero-order valence-corrected chi connectivity index (χ0v) is 11.2. The van der Waals surface area contributed by atoms with E-state index >= 15 is 0 Å². The Bertz CT molecular complexity index is 319. The van der Waals surface area contributed by atoms with E-state index in [2.05, 4.69) is 32.3 Å². The SMILES string of the molecule is Brc1ncccc1NC1CCCCCCC1. The van der Waals surface area contributed by atoms with Crippen LogP contribution in [-0.2, 0) is 0 Å². The lowest BCUT2D eigenvalue weighted by Gasteiger charge is -2.22. The van der Waals surface area contributed by atoms with Crippen molar-refractivity contribution < 1.29 is 0 Å². The van der Waals surface area contributed by atoms with Crippen LogP contribution in [0.1, 0.15) is 44.9 Å². The zero-order chi connectivity index (χ0) is 11.2. The van der Waals surface area contributed by atoms with E-state index < -0.39 is 0 Å². The fourth-order valence-electron chi connectivity index (χ4n) is 2.31. The molecule has 1 aromatic heterocycles. The second kappa shape index (κ2) is 6.24. The van der Waals surface area contributed by atoms with E-state index in [0.717, 1.165) is 10.3 Å². The number of rotatable bonds is 2. The molecule has 3 heteroatoms. The van der Waals surface area contributed by atoms with Crippen molar-refractivity contribution in [3.63, 3.8) is 0 Å². The van der Waals surface area contributed by atoms with Crippen LogP contribution in [0.15, 0.2) is 22.9 Å². The van der Waals surface area contributed by atoms with Gasteiger partial charge in [0.15, 0.2) is 0 Å². The summed E-state index contributed by atoms with van der Waals surface area (Å²) in [6, 6.07) is 4.70. The van der Waals surface area contributed by atoms with Gasteiger partial charge in [0, 0.05) is 12.2 Å². The molecule has 0 amide bonds. The Morgan fingerprint density at radius 1 is 1.12 bits per heavy atom. The molecule has 0 unspecified atom stereocenters. The highest BCUT2D eigenvalue weighted by atomic mass is 79.9. The molecule has 88 valence electrons. The van der Waals surface area contributed by atoms with Crippen molar-refractivity contribution >= 4 is 21.6 Å². The first-order chi connectivity index (χ1) is 7.86. The molecule has 1 aliphatic carbocycles. The Kier molecular flexibility index (Phi) is 4.64. The minimum atomic E-state index is 0.626. The lowest BCUT2D eigenvalue weighted by Crippen LogP contribution is -2.20. The van der Waals surface area contributed by atoms with Gasteiger partial charge in [-0.15, -0.1) is 0 Å². The Labute approximate surface area is 106 Å². The molecule has 1 aliphatic rings.